The molecule has 0 fully saturated rings. The first-order valence-electron chi connectivity index (χ1n) is 8.64. The number of carbonyl (C=O) groups is 1. The van der Waals surface area contributed by atoms with Gasteiger partial charge in [-0.2, -0.15) is 11.8 Å². The third kappa shape index (κ3) is 7.76. The molecular formula is C21H27NO2S. The van der Waals surface area contributed by atoms with E-state index in [9.17, 15) is 4.79 Å². The quantitative estimate of drug-likeness (QED) is 0.472. The van der Waals surface area contributed by atoms with E-state index in [1.807, 2.05) is 48.2 Å². The van der Waals surface area contributed by atoms with E-state index in [2.05, 4.69) is 37.2 Å². The fourth-order valence-corrected chi connectivity index (χ4v) is 3.56. The Hall–Kier alpha value is -1.78. The maximum absolute atomic E-state index is 12.0. The summed E-state index contributed by atoms with van der Waals surface area (Å²) in [5, 5.41) is 0. The van der Waals surface area contributed by atoms with Gasteiger partial charge in [0.15, 0.2) is 0 Å². The second-order valence-electron chi connectivity index (χ2n) is 6.27. The summed E-state index contributed by atoms with van der Waals surface area (Å²) in [7, 11) is 4.19. The molecule has 0 aliphatic carbocycles. The van der Waals surface area contributed by atoms with Crippen molar-refractivity contribution in [3.63, 3.8) is 0 Å². The lowest BCUT2D eigenvalue weighted by atomic mass is 10.0. The van der Waals surface area contributed by atoms with Crippen molar-refractivity contribution in [2.45, 2.75) is 25.2 Å². The molecule has 0 atom stereocenters. The standard InChI is InChI=1S/C21H27NO2S/c1-22(2)14-15-25-17-20-11-7-6-10-19(20)12-13-21(23)24-16-18-8-4-3-5-9-18/h3-11H,12-17H2,1-2H3. The van der Waals surface area contributed by atoms with Gasteiger partial charge in [-0.15, -0.1) is 0 Å². The number of benzene rings is 2. The van der Waals surface area contributed by atoms with E-state index in [1.165, 1.54) is 11.1 Å². The Morgan fingerprint density at radius 2 is 1.68 bits per heavy atom. The van der Waals surface area contributed by atoms with Gasteiger partial charge in [-0.25, -0.2) is 0 Å². The lowest BCUT2D eigenvalue weighted by Crippen LogP contribution is -2.14. The number of nitrogens with zero attached hydrogens (tertiary/aromatic N) is 1. The fraction of sp³-hybridized carbons (Fsp3) is 0.381. The number of thioether (sulfide) groups is 1. The topological polar surface area (TPSA) is 29.5 Å². The maximum Gasteiger partial charge on any atom is 0.306 e. The maximum atomic E-state index is 12.0. The number of carbonyl (C=O) groups excluding carboxylic acids is 1. The van der Waals surface area contributed by atoms with Crippen LogP contribution in [0.5, 0.6) is 0 Å². The van der Waals surface area contributed by atoms with E-state index in [4.69, 9.17) is 4.74 Å². The van der Waals surface area contributed by atoms with Gasteiger partial charge < -0.3 is 9.64 Å². The van der Waals surface area contributed by atoms with E-state index >= 15 is 0 Å². The van der Waals surface area contributed by atoms with Gasteiger partial charge in [0.1, 0.15) is 6.61 Å². The van der Waals surface area contributed by atoms with Crippen LogP contribution in [0, 0.1) is 0 Å². The lowest BCUT2D eigenvalue weighted by Gasteiger charge is -2.11. The Bertz CT molecular complexity index is 643. The van der Waals surface area contributed by atoms with Crippen LogP contribution in [0.1, 0.15) is 23.1 Å². The molecule has 25 heavy (non-hydrogen) atoms. The van der Waals surface area contributed by atoms with Crippen LogP contribution in [0.4, 0.5) is 0 Å². The monoisotopic (exact) mass is 357 g/mol. The molecule has 2 rings (SSSR count). The van der Waals surface area contributed by atoms with E-state index < -0.39 is 0 Å². The van der Waals surface area contributed by atoms with Crippen LogP contribution in [0.3, 0.4) is 0 Å². The molecule has 0 unspecified atom stereocenters. The number of hydrogen-bond acceptors (Lipinski definition) is 4. The third-order valence-electron chi connectivity index (χ3n) is 3.90. The first kappa shape index (κ1) is 19.5. The molecule has 0 aliphatic heterocycles. The zero-order valence-corrected chi connectivity index (χ0v) is 15.9. The van der Waals surface area contributed by atoms with Crippen LogP contribution in [-0.2, 0) is 28.3 Å². The molecule has 0 heterocycles. The molecule has 0 aromatic heterocycles. The molecule has 134 valence electrons. The van der Waals surface area contributed by atoms with Gasteiger partial charge in [0, 0.05) is 24.5 Å². The van der Waals surface area contributed by atoms with Crippen molar-refractivity contribution < 1.29 is 9.53 Å². The van der Waals surface area contributed by atoms with Gasteiger partial charge in [-0.05, 0) is 37.2 Å². The second kappa shape index (κ2) is 11.0. The summed E-state index contributed by atoms with van der Waals surface area (Å²) in [4.78, 5) is 14.2. The van der Waals surface area contributed by atoms with Gasteiger partial charge in [-0.3, -0.25) is 4.79 Å². The lowest BCUT2D eigenvalue weighted by molar-refractivity contribution is -0.144. The average Bonchev–Trinajstić information content (AvgIpc) is 2.63. The minimum Gasteiger partial charge on any atom is -0.461 e. The molecule has 0 saturated heterocycles. The molecule has 3 nitrogen and oxygen atoms in total. The van der Waals surface area contributed by atoms with Crippen LogP contribution in [0.15, 0.2) is 54.6 Å². The second-order valence-corrected chi connectivity index (χ2v) is 7.38. The molecule has 4 heteroatoms. The van der Waals surface area contributed by atoms with Crippen molar-refractivity contribution in [1.29, 1.82) is 0 Å². The summed E-state index contributed by atoms with van der Waals surface area (Å²) in [5.41, 5.74) is 3.59. The molecule has 0 saturated carbocycles. The van der Waals surface area contributed by atoms with Crippen LogP contribution in [0.2, 0.25) is 0 Å². The summed E-state index contributed by atoms with van der Waals surface area (Å²) in [6.45, 7) is 1.43. The highest BCUT2D eigenvalue weighted by Gasteiger charge is 2.07. The Labute approximate surface area is 155 Å². The highest BCUT2D eigenvalue weighted by atomic mass is 32.2. The van der Waals surface area contributed by atoms with Crippen molar-refractivity contribution in [3.8, 4) is 0 Å². The Balaban J connectivity index is 1.76. The van der Waals surface area contributed by atoms with Crippen LogP contribution >= 0.6 is 11.8 Å². The van der Waals surface area contributed by atoms with E-state index in [-0.39, 0.29) is 5.97 Å². The van der Waals surface area contributed by atoms with Gasteiger partial charge in [-0.1, -0.05) is 54.6 Å². The molecule has 0 N–H and O–H groups in total. The van der Waals surface area contributed by atoms with Crippen LogP contribution in [-0.4, -0.2) is 37.3 Å². The number of esters is 1. The average molecular weight is 358 g/mol. The smallest absolute Gasteiger partial charge is 0.306 e. The van der Waals surface area contributed by atoms with Gasteiger partial charge in [0.25, 0.3) is 0 Å². The van der Waals surface area contributed by atoms with E-state index in [1.54, 1.807) is 0 Å². The highest BCUT2D eigenvalue weighted by molar-refractivity contribution is 7.98. The number of ether oxygens (including phenoxy) is 1. The summed E-state index contributed by atoms with van der Waals surface area (Å²) in [6.07, 6.45) is 1.16. The summed E-state index contributed by atoms with van der Waals surface area (Å²) in [6, 6.07) is 18.2. The highest BCUT2D eigenvalue weighted by Crippen LogP contribution is 2.18. The fourth-order valence-electron chi connectivity index (χ4n) is 2.42. The van der Waals surface area contributed by atoms with Crippen molar-refractivity contribution in [2.75, 3.05) is 26.4 Å². The van der Waals surface area contributed by atoms with Crippen LogP contribution < -0.4 is 0 Å². The SMILES string of the molecule is CN(C)CCSCc1ccccc1CCC(=O)OCc1ccccc1. The molecular weight excluding hydrogens is 330 g/mol. The van der Waals surface area contributed by atoms with Crippen molar-refractivity contribution in [2.24, 2.45) is 0 Å². The van der Waals surface area contributed by atoms with Crippen molar-refractivity contribution in [1.82, 2.24) is 4.90 Å². The minimum atomic E-state index is -0.140. The number of rotatable bonds is 10. The summed E-state index contributed by atoms with van der Waals surface area (Å²) >= 11 is 1.93. The van der Waals surface area contributed by atoms with Gasteiger partial charge in [0.05, 0.1) is 0 Å². The number of hydrogen-bond donors (Lipinski definition) is 0. The van der Waals surface area contributed by atoms with Gasteiger partial charge in [0.2, 0.25) is 0 Å². The first-order chi connectivity index (χ1) is 12.1. The number of aryl methyl sites for hydroxylation is 1. The normalized spacial score (nSPS) is 10.8. The summed E-state index contributed by atoms with van der Waals surface area (Å²) < 4.78 is 5.36. The molecule has 2 aromatic carbocycles. The van der Waals surface area contributed by atoms with Crippen molar-refractivity contribution in [3.05, 3.63) is 71.3 Å². The third-order valence-corrected chi connectivity index (χ3v) is 4.89. The Morgan fingerprint density at radius 1 is 1.00 bits per heavy atom. The van der Waals surface area contributed by atoms with Gasteiger partial charge >= 0.3 is 5.97 Å². The van der Waals surface area contributed by atoms with E-state index in [0.717, 1.165) is 30.0 Å². The predicted molar refractivity (Wildman–Crippen MR) is 106 cm³/mol. The molecule has 0 amide bonds. The predicted octanol–water partition coefficient (Wildman–Crippen LogP) is 4.16. The molecule has 0 spiro atoms. The Morgan fingerprint density at radius 3 is 2.40 bits per heavy atom. The minimum absolute atomic E-state index is 0.140. The van der Waals surface area contributed by atoms with E-state index in [0.29, 0.717) is 13.0 Å². The molecule has 2 aromatic rings. The van der Waals surface area contributed by atoms with Crippen molar-refractivity contribution >= 4 is 17.7 Å². The molecule has 0 bridgehead atoms. The first-order valence-corrected chi connectivity index (χ1v) is 9.79. The zero-order chi connectivity index (χ0) is 17.9. The largest absolute Gasteiger partial charge is 0.461 e. The summed E-state index contributed by atoms with van der Waals surface area (Å²) in [5.74, 6) is 1.96. The Kier molecular flexibility index (Phi) is 8.56. The zero-order valence-electron chi connectivity index (χ0n) is 15.1. The molecule has 0 aliphatic rings. The molecule has 0 radical (unpaired) electrons. The van der Waals surface area contributed by atoms with Crippen LogP contribution in [0.25, 0.3) is 0 Å².